The minimum atomic E-state index is -0.145. The van der Waals surface area contributed by atoms with Crippen molar-refractivity contribution in [3.63, 3.8) is 0 Å². The minimum Gasteiger partial charge on any atom is -0.493 e. The van der Waals surface area contributed by atoms with E-state index in [4.69, 9.17) is 9.47 Å². The quantitative estimate of drug-likeness (QED) is 0.416. The number of thiophene rings is 1. The van der Waals surface area contributed by atoms with E-state index in [1.165, 1.54) is 0 Å². The second-order valence-electron chi connectivity index (χ2n) is 6.98. The van der Waals surface area contributed by atoms with Crippen LogP contribution >= 0.6 is 11.3 Å². The lowest BCUT2D eigenvalue weighted by Gasteiger charge is -2.16. The molecule has 0 bridgehead atoms. The van der Waals surface area contributed by atoms with Crippen LogP contribution in [0.2, 0.25) is 0 Å². The van der Waals surface area contributed by atoms with Crippen molar-refractivity contribution < 1.29 is 14.3 Å². The fourth-order valence-corrected chi connectivity index (χ4v) is 4.11. The number of methoxy groups -OCH3 is 2. The first-order valence-electron chi connectivity index (χ1n) is 9.76. The minimum absolute atomic E-state index is 0.145. The number of ether oxygens (including phenoxy) is 2. The standard InChI is InChI=1S/C24H23N3O3S/c1-26(15-19-10-7-13-31-19)24(28)23-20(16-27(25-23)18-8-5-4-6-9-18)17-11-12-21(29-2)22(14-17)30-3/h4-14,16H,15H2,1-3H3. The molecule has 6 nitrogen and oxygen atoms in total. The molecule has 7 heteroatoms. The maximum Gasteiger partial charge on any atom is 0.275 e. The zero-order valence-electron chi connectivity index (χ0n) is 17.6. The third-order valence-corrected chi connectivity index (χ3v) is 5.81. The maximum atomic E-state index is 13.4. The molecule has 0 unspecified atom stereocenters. The van der Waals surface area contributed by atoms with Crippen LogP contribution < -0.4 is 9.47 Å². The molecular weight excluding hydrogens is 410 g/mol. The van der Waals surface area contributed by atoms with Crippen molar-refractivity contribution in [3.05, 3.63) is 82.8 Å². The maximum absolute atomic E-state index is 13.4. The number of aromatic nitrogens is 2. The second-order valence-corrected chi connectivity index (χ2v) is 8.01. The van der Waals surface area contributed by atoms with Gasteiger partial charge in [-0.3, -0.25) is 4.79 Å². The van der Waals surface area contributed by atoms with Crippen molar-refractivity contribution in [2.45, 2.75) is 6.54 Å². The molecule has 0 aliphatic heterocycles. The van der Waals surface area contributed by atoms with Gasteiger partial charge >= 0.3 is 0 Å². The lowest BCUT2D eigenvalue weighted by atomic mass is 10.0. The van der Waals surface area contributed by atoms with Crippen LogP contribution in [0.15, 0.2) is 72.2 Å². The van der Waals surface area contributed by atoms with E-state index in [9.17, 15) is 4.79 Å². The molecule has 2 aromatic carbocycles. The molecule has 0 saturated carbocycles. The smallest absolute Gasteiger partial charge is 0.275 e. The highest BCUT2D eigenvalue weighted by atomic mass is 32.1. The van der Waals surface area contributed by atoms with Crippen LogP contribution in [0.4, 0.5) is 0 Å². The zero-order chi connectivity index (χ0) is 21.8. The van der Waals surface area contributed by atoms with E-state index in [0.29, 0.717) is 23.7 Å². The van der Waals surface area contributed by atoms with Crippen LogP contribution in [-0.4, -0.2) is 41.9 Å². The van der Waals surface area contributed by atoms with Gasteiger partial charge in [0, 0.05) is 23.7 Å². The van der Waals surface area contributed by atoms with Crippen molar-refractivity contribution in [2.24, 2.45) is 0 Å². The molecule has 0 saturated heterocycles. The monoisotopic (exact) mass is 433 g/mol. The average Bonchev–Trinajstić information content (AvgIpc) is 3.49. The van der Waals surface area contributed by atoms with Crippen LogP contribution in [-0.2, 0) is 6.54 Å². The van der Waals surface area contributed by atoms with E-state index in [1.54, 1.807) is 42.2 Å². The Morgan fingerprint density at radius 2 is 1.81 bits per heavy atom. The van der Waals surface area contributed by atoms with Crippen LogP contribution in [0, 0.1) is 0 Å². The molecule has 2 aromatic heterocycles. The topological polar surface area (TPSA) is 56.6 Å². The number of nitrogens with zero attached hydrogens (tertiary/aromatic N) is 3. The first-order chi connectivity index (χ1) is 15.1. The van der Waals surface area contributed by atoms with Crippen molar-refractivity contribution in [3.8, 4) is 28.3 Å². The van der Waals surface area contributed by atoms with Crippen LogP contribution in [0.25, 0.3) is 16.8 Å². The Morgan fingerprint density at radius 3 is 2.48 bits per heavy atom. The highest BCUT2D eigenvalue weighted by molar-refractivity contribution is 7.09. The molecule has 0 radical (unpaired) electrons. The molecule has 0 spiro atoms. The molecule has 158 valence electrons. The molecule has 1 amide bonds. The molecular formula is C24H23N3O3S. The van der Waals surface area contributed by atoms with Gasteiger partial charge in [0.05, 0.1) is 26.5 Å². The van der Waals surface area contributed by atoms with Gasteiger partial charge in [-0.05, 0) is 41.3 Å². The Balaban J connectivity index is 1.78. The summed E-state index contributed by atoms with van der Waals surface area (Å²) in [4.78, 5) is 16.2. The largest absolute Gasteiger partial charge is 0.493 e. The number of carbonyl (C=O) groups excluding carboxylic acids is 1. The Kier molecular flexibility index (Phi) is 6.04. The third-order valence-electron chi connectivity index (χ3n) is 4.95. The van der Waals surface area contributed by atoms with Gasteiger partial charge in [-0.2, -0.15) is 5.10 Å². The number of carbonyl (C=O) groups is 1. The van der Waals surface area contributed by atoms with E-state index in [0.717, 1.165) is 21.7 Å². The first kappa shape index (κ1) is 20.7. The summed E-state index contributed by atoms with van der Waals surface area (Å²) in [6.45, 7) is 0.528. The second kappa shape index (κ2) is 9.06. The predicted molar refractivity (Wildman–Crippen MR) is 122 cm³/mol. The zero-order valence-corrected chi connectivity index (χ0v) is 18.4. The van der Waals surface area contributed by atoms with Gasteiger partial charge in [-0.1, -0.05) is 30.3 Å². The summed E-state index contributed by atoms with van der Waals surface area (Å²) >= 11 is 1.63. The van der Waals surface area contributed by atoms with Crippen molar-refractivity contribution in [2.75, 3.05) is 21.3 Å². The van der Waals surface area contributed by atoms with Crippen LogP contribution in [0.5, 0.6) is 11.5 Å². The lowest BCUT2D eigenvalue weighted by molar-refractivity contribution is 0.0781. The Morgan fingerprint density at radius 1 is 1.03 bits per heavy atom. The molecule has 0 N–H and O–H groups in total. The van der Waals surface area contributed by atoms with Gasteiger partial charge in [0.15, 0.2) is 17.2 Å². The third kappa shape index (κ3) is 4.32. The Bertz CT molecular complexity index is 1170. The molecule has 0 aliphatic carbocycles. The van der Waals surface area contributed by atoms with E-state index in [1.807, 2.05) is 72.2 Å². The molecule has 2 heterocycles. The Labute approximate surface area is 185 Å². The van der Waals surface area contributed by atoms with Gasteiger partial charge < -0.3 is 14.4 Å². The number of para-hydroxylation sites is 1. The van der Waals surface area contributed by atoms with E-state index in [2.05, 4.69) is 5.10 Å². The van der Waals surface area contributed by atoms with Crippen molar-refractivity contribution >= 4 is 17.2 Å². The van der Waals surface area contributed by atoms with E-state index < -0.39 is 0 Å². The predicted octanol–water partition coefficient (Wildman–Crippen LogP) is 4.89. The number of hydrogen-bond donors (Lipinski definition) is 0. The van der Waals surface area contributed by atoms with Gasteiger partial charge in [0.25, 0.3) is 5.91 Å². The first-order valence-corrected chi connectivity index (χ1v) is 10.6. The summed E-state index contributed by atoms with van der Waals surface area (Å²) in [6, 6.07) is 19.3. The lowest BCUT2D eigenvalue weighted by Crippen LogP contribution is -2.26. The summed E-state index contributed by atoms with van der Waals surface area (Å²) < 4.78 is 12.6. The summed E-state index contributed by atoms with van der Waals surface area (Å²) in [5.41, 5.74) is 2.82. The van der Waals surface area contributed by atoms with Crippen LogP contribution in [0.1, 0.15) is 15.4 Å². The van der Waals surface area contributed by atoms with E-state index in [-0.39, 0.29) is 5.91 Å². The summed E-state index contributed by atoms with van der Waals surface area (Å²) in [6.07, 6.45) is 1.88. The number of amides is 1. The van der Waals surface area contributed by atoms with Gasteiger partial charge in [-0.15, -0.1) is 11.3 Å². The number of rotatable bonds is 7. The van der Waals surface area contributed by atoms with Gasteiger partial charge in [0.2, 0.25) is 0 Å². The van der Waals surface area contributed by atoms with Crippen molar-refractivity contribution in [1.82, 2.24) is 14.7 Å². The number of hydrogen-bond acceptors (Lipinski definition) is 5. The fraction of sp³-hybridized carbons (Fsp3) is 0.167. The highest BCUT2D eigenvalue weighted by Crippen LogP contribution is 2.34. The van der Waals surface area contributed by atoms with Gasteiger partial charge in [-0.25, -0.2) is 4.68 Å². The summed E-state index contributed by atoms with van der Waals surface area (Å²) in [5, 5.41) is 6.67. The van der Waals surface area contributed by atoms with Crippen LogP contribution in [0.3, 0.4) is 0 Å². The van der Waals surface area contributed by atoms with Crippen molar-refractivity contribution in [1.29, 1.82) is 0 Å². The molecule has 31 heavy (non-hydrogen) atoms. The highest BCUT2D eigenvalue weighted by Gasteiger charge is 2.23. The summed E-state index contributed by atoms with van der Waals surface area (Å²) in [7, 11) is 4.98. The normalized spacial score (nSPS) is 10.7. The molecule has 0 atom stereocenters. The average molecular weight is 434 g/mol. The molecule has 4 aromatic rings. The molecule has 4 rings (SSSR count). The van der Waals surface area contributed by atoms with Gasteiger partial charge in [0.1, 0.15) is 0 Å². The van der Waals surface area contributed by atoms with E-state index >= 15 is 0 Å². The fourth-order valence-electron chi connectivity index (χ4n) is 3.35. The Hall–Kier alpha value is -3.58. The SMILES string of the molecule is COc1ccc(-c2cn(-c3ccccc3)nc2C(=O)N(C)Cc2cccs2)cc1OC. The number of benzene rings is 2. The summed E-state index contributed by atoms with van der Waals surface area (Å²) in [5.74, 6) is 1.08. The molecule has 0 fully saturated rings. The molecule has 0 aliphatic rings.